The number of nitrogens with zero attached hydrogens (tertiary/aromatic N) is 5. The third-order valence-electron chi connectivity index (χ3n) is 5.75. The minimum atomic E-state index is -0.462. The molecule has 0 aliphatic carbocycles. The average molecular weight is 458 g/mol. The number of rotatable bonds is 5. The molecule has 1 aliphatic heterocycles. The van der Waals surface area contributed by atoms with Crippen LogP contribution in [-0.2, 0) is 4.74 Å². The molecule has 0 unspecified atom stereocenters. The van der Waals surface area contributed by atoms with Gasteiger partial charge in [0.15, 0.2) is 5.65 Å². The van der Waals surface area contributed by atoms with Crippen LogP contribution in [0.2, 0.25) is 0 Å². The van der Waals surface area contributed by atoms with E-state index in [2.05, 4.69) is 15.4 Å². The van der Waals surface area contributed by atoms with E-state index in [0.29, 0.717) is 43.3 Å². The molecule has 0 bridgehead atoms. The number of aromatic nitrogens is 3. The van der Waals surface area contributed by atoms with Gasteiger partial charge in [-0.25, -0.2) is 9.67 Å². The van der Waals surface area contributed by atoms with Crippen LogP contribution in [0, 0.1) is 17.0 Å². The Balaban J connectivity index is 1.41. The Bertz CT molecular complexity index is 1380. The van der Waals surface area contributed by atoms with Gasteiger partial charge in [-0.15, -0.1) is 0 Å². The molecule has 1 saturated heterocycles. The lowest BCUT2D eigenvalue weighted by Crippen LogP contribution is -2.36. The van der Waals surface area contributed by atoms with Crippen LogP contribution in [0.3, 0.4) is 0 Å². The number of hydrogen-bond donors (Lipinski definition) is 1. The molecule has 10 nitrogen and oxygen atoms in total. The smallest absolute Gasteiger partial charge is 0.293 e. The molecule has 1 amide bonds. The molecule has 4 aromatic rings. The van der Waals surface area contributed by atoms with E-state index >= 15 is 0 Å². The van der Waals surface area contributed by atoms with Gasteiger partial charge < -0.3 is 15.0 Å². The number of hydrogen-bond acceptors (Lipinski definition) is 7. The van der Waals surface area contributed by atoms with E-state index in [1.165, 1.54) is 6.07 Å². The van der Waals surface area contributed by atoms with Gasteiger partial charge in [0.2, 0.25) is 0 Å². The fraction of sp³-hybridized carbons (Fsp3) is 0.208. The number of ether oxygens (including phenoxy) is 1. The molecule has 0 radical (unpaired) electrons. The Morgan fingerprint density at radius 1 is 1.12 bits per heavy atom. The largest absolute Gasteiger partial charge is 0.378 e. The highest BCUT2D eigenvalue weighted by molar-refractivity contribution is 6.05. The average Bonchev–Trinajstić information content (AvgIpc) is 3.20. The number of nitro groups is 1. The number of carbonyl (C=O) groups is 1. The van der Waals surface area contributed by atoms with Gasteiger partial charge in [-0.1, -0.05) is 18.2 Å². The zero-order valence-electron chi connectivity index (χ0n) is 18.5. The highest BCUT2D eigenvalue weighted by Gasteiger charge is 2.23. The van der Waals surface area contributed by atoms with E-state index in [0.717, 1.165) is 16.8 Å². The first-order valence-electron chi connectivity index (χ1n) is 10.8. The number of nitro benzene ring substituents is 1. The summed E-state index contributed by atoms with van der Waals surface area (Å²) in [7, 11) is 0. The summed E-state index contributed by atoms with van der Waals surface area (Å²) in [6, 6.07) is 16.0. The molecular formula is C24H22N6O4. The Morgan fingerprint density at radius 3 is 2.62 bits per heavy atom. The van der Waals surface area contributed by atoms with Gasteiger partial charge in [-0.3, -0.25) is 14.9 Å². The summed E-state index contributed by atoms with van der Waals surface area (Å²) < 4.78 is 7.08. The van der Waals surface area contributed by atoms with Crippen molar-refractivity contribution in [3.63, 3.8) is 0 Å². The van der Waals surface area contributed by atoms with E-state index in [4.69, 9.17) is 4.74 Å². The number of amides is 1. The van der Waals surface area contributed by atoms with Gasteiger partial charge in [-0.2, -0.15) is 5.10 Å². The summed E-state index contributed by atoms with van der Waals surface area (Å²) in [5.41, 5.74) is 3.38. The minimum Gasteiger partial charge on any atom is -0.378 e. The zero-order chi connectivity index (χ0) is 23.7. The maximum absolute atomic E-state index is 12.9. The monoisotopic (exact) mass is 458 g/mol. The molecule has 1 aliphatic rings. The first-order chi connectivity index (χ1) is 16.5. The second kappa shape index (κ2) is 8.91. The summed E-state index contributed by atoms with van der Waals surface area (Å²) in [5.74, 6) is -0.453. The Hall–Kier alpha value is -4.31. The number of anilines is 2. The third-order valence-corrected chi connectivity index (χ3v) is 5.75. The molecular weight excluding hydrogens is 436 g/mol. The Morgan fingerprint density at radius 2 is 1.88 bits per heavy atom. The molecule has 0 spiro atoms. The lowest BCUT2D eigenvalue weighted by atomic mass is 10.1. The standard InChI is InChI=1S/C24H22N6O4/c1-16-20-14-18(15-25-23(20)29(27-16)19-5-3-2-4-6-19)26-24(31)17-7-8-21(22(13-17)30(32)33)28-9-11-34-12-10-28/h2-8,13-15H,9-12H2,1H3,(H,26,31). The van der Waals surface area contributed by atoms with Crippen LogP contribution < -0.4 is 10.2 Å². The molecule has 0 saturated carbocycles. The quantitative estimate of drug-likeness (QED) is 0.358. The predicted octanol–water partition coefficient (Wildman–Crippen LogP) is 3.73. The van der Waals surface area contributed by atoms with E-state index in [1.54, 1.807) is 29.1 Å². The first-order valence-corrected chi connectivity index (χ1v) is 10.8. The van der Waals surface area contributed by atoms with Crippen molar-refractivity contribution < 1.29 is 14.5 Å². The number of nitrogens with one attached hydrogen (secondary N) is 1. The van der Waals surface area contributed by atoms with Crippen LogP contribution in [0.25, 0.3) is 16.7 Å². The van der Waals surface area contributed by atoms with Crippen LogP contribution in [-0.4, -0.2) is 51.9 Å². The normalized spacial score (nSPS) is 13.7. The Labute approximate surface area is 194 Å². The van der Waals surface area contributed by atoms with Gasteiger partial charge >= 0.3 is 0 Å². The van der Waals surface area contributed by atoms with Crippen molar-refractivity contribution in [2.45, 2.75) is 6.92 Å². The molecule has 2 aromatic heterocycles. The topological polar surface area (TPSA) is 115 Å². The van der Waals surface area contributed by atoms with Gasteiger partial charge in [-0.05, 0) is 37.3 Å². The summed E-state index contributed by atoms with van der Waals surface area (Å²) in [6.07, 6.45) is 1.55. The summed E-state index contributed by atoms with van der Waals surface area (Å²) >= 11 is 0. The van der Waals surface area contributed by atoms with Gasteiger partial charge in [0, 0.05) is 30.1 Å². The highest BCUT2D eigenvalue weighted by atomic mass is 16.6. The van der Waals surface area contributed by atoms with E-state index in [1.807, 2.05) is 42.2 Å². The van der Waals surface area contributed by atoms with Crippen molar-refractivity contribution in [2.75, 3.05) is 36.5 Å². The van der Waals surface area contributed by atoms with E-state index in [-0.39, 0.29) is 11.3 Å². The van der Waals surface area contributed by atoms with E-state index < -0.39 is 10.8 Å². The van der Waals surface area contributed by atoms with Crippen LogP contribution in [0.4, 0.5) is 17.1 Å². The predicted molar refractivity (Wildman–Crippen MR) is 128 cm³/mol. The number of para-hydroxylation sites is 1. The molecule has 5 rings (SSSR count). The number of aryl methyl sites for hydroxylation is 1. The molecule has 2 aromatic carbocycles. The number of carbonyl (C=O) groups excluding carboxylic acids is 1. The van der Waals surface area contributed by atoms with Gasteiger partial charge in [0.1, 0.15) is 5.69 Å². The SMILES string of the molecule is Cc1nn(-c2ccccc2)c2ncc(NC(=O)c3ccc(N4CCOCC4)c([N+](=O)[O-])c3)cc12. The van der Waals surface area contributed by atoms with Gasteiger partial charge in [0.25, 0.3) is 11.6 Å². The van der Waals surface area contributed by atoms with Crippen LogP contribution in [0.5, 0.6) is 0 Å². The van der Waals surface area contributed by atoms with Crippen molar-refractivity contribution >= 4 is 34.0 Å². The molecule has 34 heavy (non-hydrogen) atoms. The second-order valence-electron chi connectivity index (χ2n) is 7.94. The highest BCUT2D eigenvalue weighted by Crippen LogP contribution is 2.30. The number of fused-ring (bicyclic) bond motifs is 1. The van der Waals surface area contributed by atoms with Crippen molar-refractivity contribution in [2.24, 2.45) is 0 Å². The second-order valence-corrected chi connectivity index (χ2v) is 7.94. The minimum absolute atomic E-state index is 0.108. The zero-order valence-corrected chi connectivity index (χ0v) is 18.5. The lowest BCUT2D eigenvalue weighted by molar-refractivity contribution is -0.384. The molecule has 0 atom stereocenters. The lowest BCUT2D eigenvalue weighted by Gasteiger charge is -2.28. The third kappa shape index (κ3) is 4.06. The van der Waals surface area contributed by atoms with Gasteiger partial charge in [0.05, 0.1) is 41.4 Å². The van der Waals surface area contributed by atoms with Crippen LogP contribution in [0.15, 0.2) is 60.8 Å². The number of benzene rings is 2. The van der Waals surface area contributed by atoms with Crippen LogP contribution >= 0.6 is 0 Å². The fourth-order valence-corrected chi connectivity index (χ4v) is 4.05. The molecule has 10 heteroatoms. The number of morpholine rings is 1. The first kappa shape index (κ1) is 21.5. The fourth-order valence-electron chi connectivity index (χ4n) is 4.05. The summed E-state index contributed by atoms with van der Waals surface area (Å²) in [5, 5.41) is 19.9. The molecule has 1 N–H and O–H groups in total. The van der Waals surface area contributed by atoms with Crippen LogP contribution in [0.1, 0.15) is 16.1 Å². The van der Waals surface area contributed by atoms with Crippen molar-refractivity contribution in [3.05, 3.63) is 82.2 Å². The summed E-state index contributed by atoms with van der Waals surface area (Å²) in [4.78, 5) is 30.5. The van der Waals surface area contributed by atoms with Crippen molar-refractivity contribution in [1.29, 1.82) is 0 Å². The van der Waals surface area contributed by atoms with Crippen molar-refractivity contribution in [1.82, 2.24) is 14.8 Å². The maximum Gasteiger partial charge on any atom is 0.293 e. The maximum atomic E-state index is 12.9. The molecule has 3 heterocycles. The van der Waals surface area contributed by atoms with Crippen molar-refractivity contribution in [3.8, 4) is 5.69 Å². The summed E-state index contributed by atoms with van der Waals surface area (Å²) in [6.45, 7) is 4.02. The molecule has 1 fully saturated rings. The number of pyridine rings is 1. The molecule has 172 valence electrons. The van der Waals surface area contributed by atoms with E-state index in [9.17, 15) is 14.9 Å². The Kier molecular flexibility index (Phi) is 5.64.